The first kappa shape index (κ1) is 15.4. The Kier molecular flexibility index (Phi) is 5.69. The second-order valence-corrected chi connectivity index (χ2v) is 4.46. The van der Waals surface area contributed by atoms with Crippen LogP contribution in [0.15, 0.2) is 12.3 Å². The van der Waals surface area contributed by atoms with E-state index in [1.165, 1.54) is 6.07 Å². The summed E-state index contributed by atoms with van der Waals surface area (Å²) in [4.78, 5) is 27.9. The largest absolute Gasteiger partial charge is 0.338 e. The van der Waals surface area contributed by atoms with Crippen molar-refractivity contribution in [3.63, 3.8) is 0 Å². The lowest BCUT2D eigenvalue weighted by Gasteiger charge is -2.21. The van der Waals surface area contributed by atoms with Crippen LogP contribution < -0.4 is 0 Å². The number of rotatable bonds is 6. The maximum atomic E-state index is 12.3. The van der Waals surface area contributed by atoms with Gasteiger partial charge in [-0.2, -0.15) is 0 Å². The molecule has 6 nitrogen and oxygen atoms in total. The molecule has 1 rings (SSSR count). The predicted molar refractivity (Wildman–Crippen MR) is 72.4 cm³/mol. The van der Waals surface area contributed by atoms with Crippen molar-refractivity contribution in [2.24, 2.45) is 0 Å². The summed E-state index contributed by atoms with van der Waals surface area (Å²) in [5.41, 5.74) is -0.321. The highest BCUT2D eigenvalue weighted by molar-refractivity contribution is 6.29. The van der Waals surface area contributed by atoms with Gasteiger partial charge in [-0.1, -0.05) is 25.4 Å². The van der Waals surface area contributed by atoms with Gasteiger partial charge in [0.05, 0.1) is 4.92 Å². The Morgan fingerprint density at radius 1 is 1.42 bits per heavy atom. The van der Waals surface area contributed by atoms with Gasteiger partial charge in [0.15, 0.2) is 0 Å². The van der Waals surface area contributed by atoms with Crippen LogP contribution in [0.2, 0.25) is 5.15 Å². The summed E-state index contributed by atoms with van der Waals surface area (Å²) in [6, 6.07) is 1.25. The van der Waals surface area contributed by atoms with Gasteiger partial charge in [0, 0.05) is 13.1 Å². The number of amides is 1. The molecule has 19 heavy (non-hydrogen) atoms. The number of nitro groups is 1. The van der Waals surface area contributed by atoms with Crippen LogP contribution in [-0.2, 0) is 0 Å². The van der Waals surface area contributed by atoms with Crippen molar-refractivity contribution in [3.8, 4) is 0 Å². The normalized spacial score (nSPS) is 10.3. The van der Waals surface area contributed by atoms with E-state index in [0.29, 0.717) is 13.1 Å². The molecule has 0 N–H and O–H groups in total. The lowest BCUT2D eigenvalue weighted by Crippen LogP contribution is -2.33. The van der Waals surface area contributed by atoms with Crippen LogP contribution >= 0.6 is 11.6 Å². The van der Waals surface area contributed by atoms with E-state index in [4.69, 9.17) is 11.6 Å². The topological polar surface area (TPSA) is 76.3 Å². The molecule has 0 unspecified atom stereocenters. The number of aromatic nitrogens is 1. The van der Waals surface area contributed by atoms with Crippen molar-refractivity contribution in [1.29, 1.82) is 0 Å². The first-order chi connectivity index (χ1) is 9.01. The third-order valence-electron chi connectivity index (χ3n) is 2.55. The van der Waals surface area contributed by atoms with Crippen molar-refractivity contribution in [2.75, 3.05) is 13.1 Å². The number of pyridine rings is 1. The molecule has 0 fully saturated rings. The van der Waals surface area contributed by atoms with E-state index in [1.54, 1.807) is 4.90 Å². The molecule has 0 bridgehead atoms. The number of hydrogen-bond donors (Lipinski definition) is 0. The average molecular weight is 286 g/mol. The van der Waals surface area contributed by atoms with Crippen LogP contribution in [-0.4, -0.2) is 33.8 Å². The third-order valence-corrected chi connectivity index (χ3v) is 2.76. The summed E-state index contributed by atoms with van der Waals surface area (Å²) >= 11 is 5.72. The molecule has 1 aromatic rings. The molecule has 104 valence electrons. The lowest BCUT2D eigenvalue weighted by molar-refractivity contribution is -0.385. The van der Waals surface area contributed by atoms with Gasteiger partial charge >= 0.3 is 0 Å². The van der Waals surface area contributed by atoms with Gasteiger partial charge in [0.25, 0.3) is 11.6 Å². The molecule has 1 amide bonds. The molecule has 1 heterocycles. The minimum atomic E-state index is -0.618. The van der Waals surface area contributed by atoms with Crippen LogP contribution in [0.1, 0.15) is 37.0 Å². The minimum Gasteiger partial charge on any atom is -0.338 e. The third kappa shape index (κ3) is 3.89. The second kappa shape index (κ2) is 7.04. The minimum absolute atomic E-state index is 0.00750. The Balaban J connectivity index is 3.15. The van der Waals surface area contributed by atoms with Gasteiger partial charge < -0.3 is 4.90 Å². The summed E-state index contributed by atoms with van der Waals surface area (Å²) in [5, 5.41) is 11.0. The van der Waals surface area contributed by atoms with Crippen molar-refractivity contribution < 1.29 is 9.72 Å². The van der Waals surface area contributed by atoms with E-state index in [-0.39, 0.29) is 22.3 Å². The van der Waals surface area contributed by atoms with E-state index in [2.05, 4.69) is 4.98 Å². The van der Waals surface area contributed by atoms with E-state index in [9.17, 15) is 14.9 Å². The van der Waals surface area contributed by atoms with Gasteiger partial charge in [-0.25, -0.2) is 4.98 Å². The highest BCUT2D eigenvalue weighted by Crippen LogP contribution is 2.22. The Labute approximate surface area is 116 Å². The number of carbonyl (C=O) groups is 1. The van der Waals surface area contributed by atoms with Gasteiger partial charge in [0.1, 0.15) is 16.9 Å². The molecule has 0 radical (unpaired) electrons. The van der Waals surface area contributed by atoms with Crippen molar-refractivity contribution in [3.05, 3.63) is 33.1 Å². The molecule has 0 aliphatic carbocycles. The number of halogens is 1. The highest BCUT2D eigenvalue weighted by Gasteiger charge is 2.25. The summed E-state index contributed by atoms with van der Waals surface area (Å²) in [7, 11) is 0. The van der Waals surface area contributed by atoms with Crippen LogP contribution in [0.3, 0.4) is 0 Å². The Morgan fingerprint density at radius 2 is 2.00 bits per heavy atom. The quantitative estimate of drug-likeness (QED) is 0.457. The van der Waals surface area contributed by atoms with E-state index >= 15 is 0 Å². The predicted octanol–water partition coefficient (Wildman–Crippen LogP) is 2.91. The maximum Gasteiger partial charge on any atom is 0.300 e. The molecular formula is C12H16ClN3O3. The molecule has 0 aromatic carbocycles. The molecule has 0 saturated carbocycles. The number of hydrogen-bond acceptors (Lipinski definition) is 4. The van der Waals surface area contributed by atoms with Crippen LogP contribution in [0.25, 0.3) is 0 Å². The smallest absolute Gasteiger partial charge is 0.300 e. The van der Waals surface area contributed by atoms with Gasteiger partial charge in [-0.3, -0.25) is 14.9 Å². The first-order valence-electron chi connectivity index (χ1n) is 6.10. The molecule has 0 spiro atoms. The zero-order valence-electron chi connectivity index (χ0n) is 10.9. The fourth-order valence-corrected chi connectivity index (χ4v) is 1.92. The molecule has 0 aliphatic rings. The Morgan fingerprint density at radius 3 is 2.47 bits per heavy atom. The fourth-order valence-electron chi connectivity index (χ4n) is 1.76. The zero-order valence-corrected chi connectivity index (χ0v) is 11.7. The Hall–Kier alpha value is -1.69. The number of carbonyl (C=O) groups excluding carboxylic acids is 1. The van der Waals surface area contributed by atoms with Crippen LogP contribution in [0.5, 0.6) is 0 Å². The van der Waals surface area contributed by atoms with Crippen LogP contribution in [0.4, 0.5) is 5.69 Å². The van der Waals surface area contributed by atoms with Gasteiger partial charge in [-0.15, -0.1) is 0 Å². The molecule has 0 aliphatic heterocycles. The van der Waals surface area contributed by atoms with E-state index in [1.807, 2.05) is 13.8 Å². The van der Waals surface area contributed by atoms with E-state index < -0.39 is 4.92 Å². The van der Waals surface area contributed by atoms with Crippen LogP contribution in [0, 0.1) is 10.1 Å². The fraction of sp³-hybridized carbons (Fsp3) is 0.500. The first-order valence-corrected chi connectivity index (χ1v) is 6.48. The standard InChI is InChI=1S/C12H16ClN3O3/c1-3-5-15(6-4-2)12(17)9-7-11(13)14-8-10(9)16(18)19/h7-8H,3-6H2,1-2H3. The monoisotopic (exact) mass is 285 g/mol. The zero-order chi connectivity index (χ0) is 14.4. The molecule has 0 atom stereocenters. The molecule has 0 saturated heterocycles. The Bertz CT molecular complexity index is 473. The van der Waals surface area contributed by atoms with Crippen molar-refractivity contribution >= 4 is 23.2 Å². The maximum absolute atomic E-state index is 12.3. The summed E-state index contributed by atoms with van der Waals surface area (Å²) in [6.07, 6.45) is 2.60. The SMILES string of the molecule is CCCN(CCC)C(=O)c1cc(Cl)ncc1[N+](=O)[O-]. The molecule has 7 heteroatoms. The van der Waals surface area contributed by atoms with Gasteiger partial charge in [0.2, 0.25) is 0 Å². The summed E-state index contributed by atoms with van der Waals surface area (Å²) < 4.78 is 0. The molecular weight excluding hydrogens is 270 g/mol. The lowest BCUT2D eigenvalue weighted by atomic mass is 10.2. The number of nitrogens with zero attached hydrogens (tertiary/aromatic N) is 3. The van der Waals surface area contributed by atoms with E-state index in [0.717, 1.165) is 19.0 Å². The second-order valence-electron chi connectivity index (χ2n) is 4.07. The van der Waals surface area contributed by atoms with Crippen molar-refractivity contribution in [2.45, 2.75) is 26.7 Å². The summed E-state index contributed by atoms with van der Waals surface area (Å²) in [6.45, 7) is 5.02. The average Bonchev–Trinajstić information content (AvgIpc) is 2.37. The highest BCUT2D eigenvalue weighted by atomic mass is 35.5. The van der Waals surface area contributed by atoms with Crippen molar-refractivity contribution in [1.82, 2.24) is 9.88 Å². The molecule has 1 aromatic heterocycles. The summed E-state index contributed by atoms with van der Waals surface area (Å²) in [5.74, 6) is -0.375. The van der Waals surface area contributed by atoms with Gasteiger partial charge in [-0.05, 0) is 18.9 Å².